The zero-order valence-corrected chi connectivity index (χ0v) is 16.7. The van der Waals surface area contributed by atoms with Crippen LogP contribution in [0.5, 0.6) is 11.5 Å². The van der Waals surface area contributed by atoms with E-state index in [0.29, 0.717) is 0 Å². The molecule has 1 aromatic heterocycles. The highest BCUT2D eigenvalue weighted by atomic mass is 16.5. The lowest BCUT2D eigenvalue weighted by Crippen LogP contribution is -2.46. The first-order chi connectivity index (χ1) is 14.3. The van der Waals surface area contributed by atoms with Crippen molar-refractivity contribution in [2.24, 2.45) is 0 Å². The van der Waals surface area contributed by atoms with Crippen LogP contribution >= 0.6 is 0 Å². The molecule has 5 rings (SSSR count). The van der Waals surface area contributed by atoms with Gasteiger partial charge in [0.05, 0.1) is 13.7 Å². The van der Waals surface area contributed by atoms with Gasteiger partial charge in [-0.05, 0) is 48.0 Å². The summed E-state index contributed by atoms with van der Waals surface area (Å²) in [4.78, 5) is 9.27. The summed E-state index contributed by atoms with van der Waals surface area (Å²) >= 11 is 0. The lowest BCUT2D eigenvalue weighted by atomic mass is 10.00. The van der Waals surface area contributed by atoms with E-state index in [-0.39, 0.29) is 0 Å². The Morgan fingerprint density at radius 1 is 0.966 bits per heavy atom. The Bertz CT molecular complexity index is 981. The van der Waals surface area contributed by atoms with Crippen LogP contribution in [0.2, 0.25) is 0 Å². The summed E-state index contributed by atoms with van der Waals surface area (Å²) in [7, 11) is 1.70. The van der Waals surface area contributed by atoms with E-state index in [4.69, 9.17) is 9.47 Å². The molecule has 1 fully saturated rings. The zero-order chi connectivity index (χ0) is 19.6. The Hall–Kier alpha value is -3.21. The lowest BCUT2D eigenvalue weighted by Gasteiger charge is -2.38. The highest BCUT2D eigenvalue weighted by Crippen LogP contribution is 2.39. The molecule has 3 heterocycles. The number of rotatable bonds is 4. The number of nitrogens with zero attached hydrogens (tertiary/aromatic N) is 3. The maximum Gasteiger partial charge on any atom is 0.123 e. The number of anilines is 2. The molecule has 3 aromatic rings. The molecule has 0 bridgehead atoms. The molecule has 0 spiro atoms. The van der Waals surface area contributed by atoms with Crippen LogP contribution in [0.4, 0.5) is 11.4 Å². The van der Waals surface area contributed by atoms with Gasteiger partial charge in [-0.1, -0.05) is 6.07 Å². The van der Waals surface area contributed by atoms with Gasteiger partial charge in [0.2, 0.25) is 0 Å². The molecule has 0 aliphatic carbocycles. The van der Waals surface area contributed by atoms with E-state index in [1.54, 1.807) is 7.11 Å². The molecule has 2 aliphatic rings. The summed E-state index contributed by atoms with van der Waals surface area (Å²) in [5.74, 6) is 1.92. The second-order valence-electron chi connectivity index (χ2n) is 7.49. The number of hydrogen-bond acceptors (Lipinski definition) is 5. The van der Waals surface area contributed by atoms with E-state index in [1.807, 2.05) is 30.6 Å². The van der Waals surface area contributed by atoms with E-state index in [0.717, 1.165) is 56.3 Å². The van der Waals surface area contributed by atoms with Crippen molar-refractivity contribution >= 4 is 11.4 Å². The molecule has 2 aliphatic heterocycles. The molecule has 0 atom stereocenters. The number of fused-ring (bicyclic) bond motifs is 1. The molecule has 1 saturated heterocycles. The van der Waals surface area contributed by atoms with Crippen LogP contribution in [0.1, 0.15) is 5.56 Å². The van der Waals surface area contributed by atoms with Crippen molar-refractivity contribution in [3.8, 4) is 22.6 Å². The smallest absolute Gasteiger partial charge is 0.123 e. The van der Waals surface area contributed by atoms with Gasteiger partial charge in [-0.3, -0.25) is 4.98 Å². The van der Waals surface area contributed by atoms with Crippen molar-refractivity contribution in [1.29, 1.82) is 0 Å². The second-order valence-corrected chi connectivity index (χ2v) is 7.49. The molecule has 0 N–H and O–H groups in total. The summed E-state index contributed by atoms with van der Waals surface area (Å²) in [6, 6.07) is 17.0. The van der Waals surface area contributed by atoms with Gasteiger partial charge in [-0.15, -0.1) is 0 Å². The Morgan fingerprint density at radius 3 is 2.48 bits per heavy atom. The van der Waals surface area contributed by atoms with Gasteiger partial charge in [0.15, 0.2) is 0 Å². The Morgan fingerprint density at radius 2 is 1.76 bits per heavy atom. The first-order valence-electron chi connectivity index (χ1n) is 10.2. The summed E-state index contributed by atoms with van der Waals surface area (Å²) in [5.41, 5.74) is 6.19. The van der Waals surface area contributed by atoms with Gasteiger partial charge in [-0.25, -0.2) is 0 Å². The third-order valence-electron chi connectivity index (χ3n) is 5.84. The molecule has 5 nitrogen and oxygen atoms in total. The highest BCUT2D eigenvalue weighted by Gasteiger charge is 2.23. The second kappa shape index (κ2) is 7.66. The third-order valence-corrected chi connectivity index (χ3v) is 5.84. The molecular formula is C24H25N3O2. The summed E-state index contributed by atoms with van der Waals surface area (Å²) in [5, 5.41) is 0. The van der Waals surface area contributed by atoms with Crippen molar-refractivity contribution in [2.45, 2.75) is 6.42 Å². The topological polar surface area (TPSA) is 37.8 Å². The van der Waals surface area contributed by atoms with Crippen LogP contribution in [0.15, 0.2) is 60.9 Å². The Balaban J connectivity index is 1.40. The first kappa shape index (κ1) is 17.9. The lowest BCUT2D eigenvalue weighted by molar-refractivity contribution is 0.357. The van der Waals surface area contributed by atoms with Crippen molar-refractivity contribution < 1.29 is 9.47 Å². The Labute approximate surface area is 171 Å². The molecule has 0 radical (unpaired) electrons. The van der Waals surface area contributed by atoms with Gasteiger partial charge in [-0.2, -0.15) is 0 Å². The minimum Gasteiger partial charge on any atom is -0.497 e. The SMILES string of the molecule is COc1ccc(N2CCN(c3cc4c(cc3-c3cccnc3)OCC4)CC2)cc1. The van der Waals surface area contributed by atoms with E-state index in [2.05, 4.69) is 45.1 Å². The predicted molar refractivity (Wildman–Crippen MR) is 116 cm³/mol. The number of methoxy groups -OCH3 is 1. The van der Waals surface area contributed by atoms with Crippen LogP contribution in [0.3, 0.4) is 0 Å². The fourth-order valence-corrected chi connectivity index (χ4v) is 4.23. The van der Waals surface area contributed by atoms with Gasteiger partial charge in [0.25, 0.3) is 0 Å². The maximum absolute atomic E-state index is 5.84. The first-order valence-corrected chi connectivity index (χ1v) is 10.2. The van der Waals surface area contributed by atoms with Crippen molar-refractivity contribution in [3.63, 3.8) is 0 Å². The van der Waals surface area contributed by atoms with E-state index < -0.39 is 0 Å². The van der Waals surface area contributed by atoms with Crippen LogP contribution in [0, 0.1) is 0 Å². The van der Waals surface area contributed by atoms with Crippen LogP contribution < -0.4 is 19.3 Å². The van der Waals surface area contributed by atoms with Crippen molar-refractivity contribution in [2.75, 3.05) is 49.7 Å². The molecular weight excluding hydrogens is 362 g/mol. The normalized spacial score (nSPS) is 15.8. The minimum absolute atomic E-state index is 0.774. The fourth-order valence-electron chi connectivity index (χ4n) is 4.23. The quantitative estimate of drug-likeness (QED) is 0.676. The number of ether oxygens (including phenoxy) is 2. The minimum atomic E-state index is 0.774. The summed E-state index contributed by atoms with van der Waals surface area (Å²) < 4.78 is 11.1. The largest absolute Gasteiger partial charge is 0.497 e. The number of aromatic nitrogens is 1. The summed E-state index contributed by atoms with van der Waals surface area (Å²) in [6.07, 6.45) is 4.75. The molecule has 148 valence electrons. The molecule has 0 amide bonds. The van der Waals surface area contributed by atoms with E-state index >= 15 is 0 Å². The van der Waals surface area contributed by atoms with Gasteiger partial charge in [0, 0.05) is 67.5 Å². The van der Waals surface area contributed by atoms with Crippen LogP contribution in [-0.2, 0) is 6.42 Å². The number of piperazine rings is 1. The highest BCUT2D eigenvalue weighted by molar-refractivity contribution is 5.81. The van der Waals surface area contributed by atoms with Gasteiger partial charge in [0.1, 0.15) is 11.5 Å². The molecule has 0 saturated carbocycles. The molecule has 2 aromatic carbocycles. The number of benzene rings is 2. The third kappa shape index (κ3) is 3.48. The summed E-state index contributed by atoms with van der Waals surface area (Å²) in [6.45, 7) is 4.73. The number of pyridine rings is 1. The van der Waals surface area contributed by atoms with Crippen LogP contribution in [0.25, 0.3) is 11.1 Å². The standard InChI is InChI=1S/C24H25N3O2/c1-28-21-6-4-20(5-7-21)26-10-12-27(13-11-26)23-15-18-8-14-29-24(18)16-22(23)19-3-2-9-25-17-19/h2-7,9,15-17H,8,10-14H2,1H3. The Kier molecular flexibility index (Phi) is 4.72. The predicted octanol–water partition coefficient (Wildman–Crippen LogP) is 4.02. The van der Waals surface area contributed by atoms with Crippen LogP contribution in [-0.4, -0.2) is 44.9 Å². The maximum atomic E-state index is 5.84. The monoisotopic (exact) mass is 387 g/mol. The van der Waals surface area contributed by atoms with E-state index in [1.165, 1.54) is 22.5 Å². The van der Waals surface area contributed by atoms with Gasteiger partial charge >= 0.3 is 0 Å². The van der Waals surface area contributed by atoms with Gasteiger partial charge < -0.3 is 19.3 Å². The van der Waals surface area contributed by atoms with Crippen molar-refractivity contribution in [1.82, 2.24) is 4.98 Å². The molecule has 29 heavy (non-hydrogen) atoms. The van der Waals surface area contributed by atoms with Crippen molar-refractivity contribution in [3.05, 3.63) is 66.5 Å². The zero-order valence-electron chi connectivity index (χ0n) is 16.7. The number of hydrogen-bond donors (Lipinski definition) is 0. The average molecular weight is 387 g/mol. The van der Waals surface area contributed by atoms with E-state index in [9.17, 15) is 0 Å². The average Bonchev–Trinajstić information content (AvgIpc) is 3.27. The molecule has 5 heteroatoms. The molecule has 0 unspecified atom stereocenters. The fraction of sp³-hybridized carbons (Fsp3) is 0.292.